The second-order valence-electron chi connectivity index (χ2n) is 9.99. The number of aryl methyl sites for hydroxylation is 1. The highest BCUT2D eigenvalue weighted by Gasteiger charge is 2.48. The Bertz CT molecular complexity index is 1270. The van der Waals surface area contributed by atoms with Crippen molar-refractivity contribution < 1.29 is 49.6 Å². The van der Waals surface area contributed by atoms with Crippen LogP contribution in [0.15, 0.2) is 29.6 Å². The lowest BCUT2D eigenvalue weighted by atomic mass is 10.0. The zero-order chi connectivity index (χ0) is 30.3. The molecule has 2 atom stereocenters. The number of amides is 1. The van der Waals surface area contributed by atoms with E-state index in [1.54, 1.807) is 39.0 Å². The molecule has 0 fully saturated rings. The van der Waals surface area contributed by atoms with E-state index >= 15 is 0 Å². The van der Waals surface area contributed by atoms with Crippen LogP contribution in [-0.4, -0.2) is 50.9 Å². The molecule has 0 spiro atoms. The Morgan fingerprint density at radius 3 is 2.35 bits per heavy atom. The summed E-state index contributed by atoms with van der Waals surface area (Å²) in [7, 11) is -5.98. The van der Waals surface area contributed by atoms with Crippen molar-refractivity contribution >= 4 is 33.5 Å². The van der Waals surface area contributed by atoms with E-state index in [0.717, 1.165) is 16.5 Å². The van der Waals surface area contributed by atoms with E-state index in [2.05, 4.69) is 9.50 Å². The van der Waals surface area contributed by atoms with Crippen LogP contribution in [0.4, 0.5) is 18.0 Å². The molecule has 2 aromatic rings. The molecule has 0 bridgehead atoms. The van der Waals surface area contributed by atoms with Gasteiger partial charge in [0.15, 0.2) is 6.10 Å². The molecule has 1 aromatic carbocycles. The van der Waals surface area contributed by atoms with Crippen LogP contribution in [0.1, 0.15) is 62.1 Å². The van der Waals surface area contributed by atoms with Gasteiger partial charge in [-0.1, -0.05) is 19.1 Å². The third-order valence-corrected chi connectivity index (χ3v) is 7.43. The fraction of sp³-hybridized carbons (Fsp3) is 0.538. The smallest absolute Gasteiger partial charge is 0.464 e. The summed E-state index contributed by atoms with van der Waals surface area (Å²) in [6, 6.07) is 5.67. The molecule has 1 aromatic heterocycles. The maximum Gasteiger partial charge on any atom is 0.534 e. The summed E-state index contributed by atoms with van der Waals surface area (Å²) in [6.07, 6.45) is -1.98. The van der Waals surface area contributed by atoms with Gasteiger partial charge in [-0.05, 0) is 63.3 Å². The fourth-order valence-electron chi connectivity index (χ4n) is 3.34. The van der Waals surface area contributed by atoms with Gasteiger partial charge in [0, 0.05) is 29.3 Å². The average Bonchev–Trinajstić information content (AvgIpc) is 3.26. The Morgan fingerprint density at radius 2 is 1.80 bits per heavy atom. The zero-order valence-electron chi connectivity index (χ0n) is 23.1. The SMILES string of the molecule is CCOC(=O)C(Cc1ccc(OS(=O)(=O)C(F)(F)F)c(CNC(=O)OC(C)(C)C)c1)OCC(C)c1cc(C)cs1. The van der Waals surface area contributed by atoms with Gasteiger partial charge in [0.1, 0.15) is 11.4 Å². The highest BCUT2D eigenvalue weighted by Crippen LogP contribution is 2.30. The van der Waals surface area contributed by atoms with Crippen molar-refractivity contribution in [3.8, 4) is 5.75 Å². The minimum atomic E-state index is -5.98. The van der Waals surface area contributed by atoms with Gasteiger partial charge in [-0.3, -0.25) is 0 Å². The third-order valence-electron chi connectivity index (χ3n) is 5.18. The predicted octanol–water partition coefficient (Wildman–Crippen LogP) is 5.60. The van der Waals surface area contributed by atoms with E-state index in [0.29, 0.717) is 5.56 Å². The maximum atomic E-state index is 13.0. The number of benzene rings is 1. The monoisotopic (exact) mass is 609 g/mol. The van der Waals surface area contributed by atoms with E-state index < -0.39 is 51.7 Å². The summed E-state index contributed by atoms with van der Waals surface area (Å²) in [5.74, 6) is -1.30. The molecule has 1 heterocycles. The van der Waals surface area contributed by atoms with Crippen LogP contribution in [0.5, 0.6) is 5.75 Å². The summed E-state index contributed by atoms with van der Waals surface area (Å²) in [5, 5.41) is 4.37. The number of alkyl halides is 3. The van der Waals surface area contributed by atoms with Crippen LogP contribution in [0.25, 0.3) is 0 Å². The van der Waals surface area contributed by atoms with E-state index in [1.165, 1.54) is 12.1 Å². The molecule has 2 rings (SSSR count). The molecule has 9 nitrogen and oxygen atoms in total. The second kappa shape index (κ2) is 13.7. The van der Waals surface area contributed by atoms with Gasteiger partial charge in [-0.15, -0.1) is 11.3 Å². The standard InChI is InChI=1S/C26H34F3NO8S2/c1-7-35-23(31)21(36-14-17(3)22-10-16(2)15-39-22)12-18-8-9-20(38-40(33,34)26(27,28)29)19(11-18)13-30-24(32)37-25(4,5)6/h8-11,15,17,21H,7,12-14H2,1-6H3,(H,30,32). The molecular formula is C26H34F3NO8S2. The number of ether oxygens (including phenoxy) is 3. The predicted molar refractivity (Wildman–Crippen MR) is 143 cm³/mol. The van der Waals surface area contributed by atoms with Gasteiger partial charge >= 0.3 is 27.7 Å². The Balaban J connectivity index is 2.31. The molecule has 0 aliphatic rings. The van der Waals surface area contributed by atoms with Gasteiger partial charge in [0.25, 0.3) is 0 Å². The van der Waals surface area contributed by atoms with Crippen molar-refractivity contribution in [3.63, 3.8) is 0 Å². The van der Waals surface area contributed by atoms with Gasteiger partial charge < -0.3 is 23.7 Å². The first-order chi connectivity index (χ1) is 18.4. The van der Waals surface area contributed by atoms with E-state index in [1.807, 2.05) is 25.3 Å². The number of nitrogens with one attached hydrogen (secondary N) is 1. The molecule has 0 aliphatic carbocycles. The Kier molecular flexibility index (Phi) is 11.4. The summed E-state index contributed by atoms with van der Waals surface area (Å²) in [4.78, 5) is 25.8. The Hall–Kier alpha value is -2.84. The number of esters is 1. The van der Waals surface area contributed by atoms with Crippen molar-refractivity contribution in [1.82, 2.24) is 5.32 Å². The van der Waals surface area contributed by atoms with Gasteiger partial charge in [-0.2, -0.15) is 21.6 Å². The summed E-state index contributed by atoms with van der Waals surface area (Å²) < 4.78 is 82.7. The number of hydrogen-bond donors (Lipinski definition) is 1. The van der Waals surface area contributed by atoms with Crippen LogP contribution in [0, 0.1) is 6.92 Å². The van der Waals surface area contributed by atoms with Crippen molar-refractivity contribution in [1.29, 1.82) is 0 Å². The highest BCUT2D eigenvalue weighted by atomic mass is 32.2. The normalized spacial score (nSPS) is 13.8. The first-order valence-electron chi connectivity index (χ1n) is 12.3. The van der Waals surface area contributed by atoms with Crippen molar-refractivity contribution in [3.05, 3.63) is 51.2 Å². The summed E-state index contributed by atoms with van der Waals surface area (Å²) in [6.45, 7) is 10.3. The number of alkyl carbamates (subject to hydrolysis) is 1. The fourth-order valence-corrected chi connectivity index (χ4v) is 4.78. The van der Waals surface area contributed by atoms with E-state index in [9.17, 15) is 31.2 Å². The first kappa shape index (κ1) is 33.4. The largest absolute Gasteiger partial charge is 0.534 e. The minimum Gasteiger partial charge on any atom is -0.464 e. The molecule has 0 radical (unpaired) electrons. The van der Waals surface area contributed by atoms with Crippen LogP contribution in [0.2, 0.25) is 0 Å². The second-order valence-corrected chi connectivity index (χ2v) is 12.5. The number of carbonyl (C=O) groups is 2. The Labute approximate surface area is 236 Å². The van der Waals surface area contributed by atoms with Crippen LogP contribution in [-0.2, 0) is 42.1 Å². The lowest BCUT2D eigenvalue weighted by molar-refractivity contribution is -0.156. The van der Waals surface area contributed by atoms with Crippen molar-refractivity contribution in [2.45, 2.75) is 77.6 Å². The molecule has 0 aliphatic heterocycles. The van der Waals surface area contributed by atoms with Crippen LogP contribution < -0.4 is 9.50 Å². The number of thiophene rings is 1. The van der Waals surface area contributed by atoms with Crippen LogP contribution >= 0.6 is 11.3 Å². The number of rotatable bonds is 12. The molecule has 1 amide bonds. The topological polar surface area (TPSA) is 117 Å². The molecular weight excluding hydrogens is 575 g/mol. The molecule has 0 saturated heterocycles. The van der Waals surface area contributed by atoms with Gasteiger partial charge in [-0.25, -0.2) is 9.59 Å². The van der Waals surface area contributed by atoms with Gasteiger partial charge in [0.05, 0.1) is 13.2 Å². The highest BCUT2D eigenvalue weighted by molar-refractivity contribution is 7.88. The minimum absolute atomic E-state index is 0.0208. The molecule has 14 heteroatoms. The summed E-state index contributed by atoms with van der Waals surface area (Å²) >= 11 is 1.57. The number of carbonyl (C=O) groups excluding carboxylic acids is 2. The van der Waals surface area contributed by atoms with Gasteiger partial charge in [0.2, 0.25) is 0 Å². The average molecular weight is 610 g/mol. The lowest BCUT2D eigenvalue weighted by Crippen LogP contribution is -2.33. The zero-order valence-corrected chi connectivity index (χ0v) is 24.7. The van der Waals surface area contributed by atoms with Crippen molar-refractivity contribution in [2.75, 3.05) is 13.2 Å². The summed E-state index contributed by atoms with van der Waals surface area (Å²) in [5.41, 5.74) is -5.11. The lowest BCUT2D eigenvalue weighted by Gasteiger charge is -2.21. The molecule has 224 valence electrons. The first-order valence-corrected chi connectivity index (χ1v) is 14.6. The van der Waals surface area contributed by atoms with Crippen molar-refractivity contribution in [2.24, 2.45) is 0 Å². The maximum absolute atomic E-state index is 13.0. The number of halogens is 3. The third kappa shape index (κ3) is 10.3. The molecule has 2 unspecified atom stereocenters. The molecule has 0 saturated carbocycles. The number of hydrogen-bond acceptors (Lipinski definition) is 9. The van der Waals surface area contributed by atoms with E-state index in [4.69, 9.17) is 14.2 Å². The van der Waals surface area contributed by atoms with Crippen LogP contribution in [0.3, 0.4) is 0 Å². The molecule has 40 heavy (non-hydrogen) atoms. The Morgan fingerprint density at radius 1 is 1.12 bits per heavy atom. The quantitative estimate of drug-likeness (QED) is 0.188. The van der Waals surface area contributed by atoms with E-state index in [-0.39, 0.29) is 31.1 Å². The molecule has 1 N–H and O–H groups in total.